The molecule has 2 aromatic carbocycles. The summed E-state index contributed by atoms with van der Waals surface area (Å²) in [5, 5.41) is 6.44. The van der Waals surface area contributed by atoms with Crippen molar-refractivity contribution in [3.8, 4) is 17.2 Å². The van der Waals surface area contributed by atoms with Gasteiger partial charge in [-0.15, -0.1) is 11.8 Å². The van der Waals surface area contributed by atoms with Crippen LogP contribution in [0, 0.1) is 25.6 Å². The Balaban J connectivity index is 1.23. The molecule has 0 saturated heterocycles. The highest BCUT2D eigenvalue weighted by molar-refractivity contribution is 8.00. The van der Waals surface area contributed by atoms with E-state index in [9.17, 15) is 9.59 Å². The number of pyridine rings is 1. The van der Waals surface area contributed by atoms with E-state index in [2.05, 4.69) is 20.4 Å². The summed E-state index contributed by atoms with van der Waals surface area (Å²) in [7, 11) is 0. The lowest BCUT2D eigenvalue weighted by molar-refractivity contribution is 0.102. The molecule has 43 heavy (non-hydrogen) atoms. The summed E-state index contributed by atoms with van der Waals surface area (Å²) in [6.07, 6.45) is 2.19. The van der Waals surface area contributed by atoms with Gasteiger partial charge < -0.3 is 14.6 Å². The Kier molecular flexibility index (Phi) is 7.61. The molecule has 1 unspecified atom stereocenters. The second-order valence-corrected chi connectivity index (χ2v) is 11.9. The molecule has 12 heteroatoms. The molecular weight excluding hydrogens is 571 g/mol. The van der Waals surface area contributed by atoms with Gasteiger partial charge >= 0.3 is 0 Å². The fraction of sp³-hybridized carbons (Fsp3) is 0.258. The molecule has 3 aromatic heterocycles. The fourth-order valence-electron chi connectivity index (χ4n) is 5.04. The van der Waals surface area contributed by atoms with Gasteiger partial charge in [0, 0.05) is 37.0 Å². The van der Waals surface area contributed by atoms with Gasteiger partial charge in [0.2, 0.25) is 5.89 Å². The lowest BCUT2D eigenvalue weighted by Gasteiger charge is -2.15. The third kappa shape index (κ3) is 5.57. The smallest absolute Gasteiger partial charge is 0.284 e. The summed E-state index contributed by atoms with van der Waals surface area (Å²) in [6.45, 7) is 8.11. The predicted molar refractivity (Wildman–Crippen MR) is 160 cm³/mol. The Bertz CT molecular complexity index is 1880. The molecular formula is C31H29FN6O4S. The summed E-state index contributed by atoms with van der Waals surface area (Å²) in [5.74, 6) is 0.424. The number of rotatable bonds is 8. The normalized spacial score (nSPS) is 14.2. The third-order valence-corrected chi connectivity index (χ3v) is 8.30. The summed E-state index contributed by atoms with van der Waals surface area (Å²) >= 11 is 1.47. The number of ether oxygens (including phenoxy) is 1. The topological polar surface area (TPSA) is 117 Å². The number of anilines is 1. The van der Waals surface area contributed by atoms with Gasteiger partial charge in [0.05, 0.1) is 27.2 Å². The highest BCUT2D eigenvalue weighted by Gasteiger charge is 2.32. The van der Waals surface area contributed by atoms with Gasteiger partial charge in [-0.05, 0) is 44.0 Å². The van der Waals surface area contributed by atoms with E-state index in [0.29, 0.717) is 41.8 Å². The van der Waals surface area contributed by atoms with Crippen LogP contribution in [0.3, 0.4) is 0 Å². The maximum Gasteiger partial charge on any atom is 0.284 e. The molecule has 0 bridgehead atoms. The van der Waals surface area contributed by atoms with Crippen molar-refractivity contribution in [3.05, 3.63) is 106 Å². The van der Waals surface area contributed by atoms with E-state index < -0.39 is 17.3 Å². The van der Waals surface area contributed by atoms with E-state index in [0.717, 1.165) is 10.6 Å². The zero-order valence-corrected chi connectivity index (χ0v) is 24.8. The molecule has 4 heterocycles. The molecule has 1 amide bonds. The van der Waals surface area contributed by atoms with Crippen LogP contribution in [-0.2, 0) is 13.0 Å². The number of nitrogens with one attached hydrogen (secondary N) is 1. The molecule has 0 fully saturated rings. The van der Waals surface area contributed by atoms with Crippen LogP contribution < -0.4 is 15.6 Å². The molecule has 0 spiro atoms. The molecule has 1 N–H and O–H groups in total. The van der Waals surface area contributed by atoms with Crippen LogP contribution in [0.15, 0.2) is 75.0 Å². The van der Waals surface area contributed by atoms with Crippen molar-refractivity contribution in [2.45, 2.75) is 50.8 Å². The molecule has 0 saturated carbocycles. The Morgan fingerprint density at radius 2 is 1.95 bits per heavy atom. The third-order valence-electron chi connectivity index (χ3n) is 6.97. The average Bonchev–Trinajstić information content (AvgIpc) is 3.67. The minimum absolute atomic E-state index is 0.000561. The van der Waals surface area contributed by atoms with Gasteiger partial charge in [-0.3, -0.25) is 19.3 Å². The van der Waals surface area contributed by atoms with Gasteiger partial charge in [-0.2, -0.15) is 4.98 Å². The standard InChI is InChI=1S/C31H29FN6O4S/c1-17(2)16-37-18(3)27(31(40)38(37)21-8-6-5-7-9-21)29(39)35-20-10-11-24(22(32)14-20)41-25-12-13-33-23-15-26(43-28(23)25)30-34-19(4)36-42-30/h5-14,17,26H,15-16H2,1-4H3,(H,35,39). The van der Waals surface area contributed by atoms with E-state index in [-0.39, 0.29) is 28.2 Å². The maximum atomic E-state index is 15.3. The molecule has 5 aromatic rings. The van der Waals surface area contributed by atoms with E-state index in [4.69, 9.17) is 9.26 Å². The average molecular weight is 601 g/mol. The van der Waals surface area contributed by atoms with Gasteiger partial charge in [0.1, 0.15) is 11.3 Å². The van der Waals surface area contributed by atoms with Crippen LogP contribution in [0.4, 0.5) is 10.1 Å². The van der Waals surface area contributed by atoms with Crippen molar-refractivity contribution < 1.29 is 18.4 Å². The lowest BCUT2D eigenvalue weighted by Crippen LogP contribution is -2.26. The quantitative estimate of drug-likeness (QED) is 0.222. The van der Waals surface area contributed by atoms with Crippen LogP contribution in [0.5, 0.6) is 11.5 Å². The highest BCUT2D eigenvalue weighted by Crippen LogP contribution is 2.50. The van der Waals surface area contributed by atoms with E-state index in [1.807, 2.05) is 48.9 Å². The van der Waals surface area contributed by atoms with Gasteiger partial charge in [0.25, 0.3) is 11.5 Å². The number of amides is 1. The Morgan fingerprint density at radius 1 is 1.16 bits per heavy atom. The van der Waals surface area contributed by atoms with Gasteiger partial charge in [-0.25, -0.2) is 9.07 Å². The number of benzene rings is 2. The number of hydrogen-bond acceptors (Lipinski definition) is 8. The van der Waals surface area contributed by atoms with Gasteiger partial charge in [-0.1, -0.05) is 37.2 Å². The van der Waals surface area contributed by atoms with E-state index in [1.165, 1.54) is 34.6 Å². The van der Waals surface area contributed by atoms with Crippen LogP contribution in [0.25, 0.3) is 5.69 Å². The van der Waals surface area contributed by atoms with Crippen molar-refractivity contribution in [3.63, 3.8) is 0 Å². The number of carbonyl (C=O) groups excluding carboxylic acids is 1. The minimum Gasteiger partial charge on any atom is -0.453 e. The van der Waals surface area contributed by atoms with Crippen molar-refractivity contribution in [2.24, 2.45) is 5.92 Å². The Labute approximate surface area is 250 Å². The summed E-state index contributed by atoms with van der Waals surface area (Å²) < 4.78 is 29.9. The first kappa shape index (κ1) is 28.4. The number of hydrogen-bond donors (Lipinski definition) is 1. The number of halogens is 1. The Hall–Kier alpha value is -4.71. The van der Waals surface area contributed by atoms with Crippen molar-refractivity contribution in [1.82, 2.24) is 24.5 Å². The number of nitrogens with zero attached hydrogens (tertiary/aromatic N) is 5. The largest absolute Gasteiger partial charge is 0.453 e. The fourth-order valence-corrected chi connectivity index (χ4v) is 6.26. The van der Waals surface area contributed by atoms with Crippen LogP contribution >= 0.6 is 11.8 Å². The SMILES string of the molecule is Cc1noc(C2Cc3nccc(Oc4ccc(NC(=O)c5c(C)n(CC(C)C)n(-c6ccccc6)c5=O)cc4F)c3S2)n1. The zero-order chi connectivity index (χ0) is 30.2. The van der Waals surface area contributed by atoms with Crippen molar-refractivity contribution in [1.29, 1.82) is 0 Å². The Morgan fingerprint density at radius 3 is 2.65 bits per heavy atom. The summed E-state index contributed by atoms with van der Waals surface area (Å²) in [4.78, 5) is 36.4. The number of aryl methyl sites for hydroxylation is 1. The predicted octanol–water partition coefficient (Wildman–Crippen LogP) is 6.26. The molecule has 0 radical (unpaired) electrons. The highest BCUT2D eigenvalue weighted by atomic mass is 32.2. The first-order chi connectivity index (χ1) is 20.7. The number of thioether (sulfide) groups is 1. The first-order valence-electron chi connectivity index (χ1n) is 13.8. The van der Waals surface area contributed by atoms with Crippen LogP contribution in [0.2, 0.25) is 0 Å². The molecule has 6 rings (SSSR count). The molecule has 10 nitrogen and oxygen atoms in total. The monoisotopic (exact) mass is 600 g/mol. The second kappa shape index (κ2) is 11.5. The summed E-state index contributed by atoms with van der Waals surface area (Å²) in [5.41, 5.74) is 1.73. The van der Waals surface area contributed by atoms with Crippen molar-refractivity contribution >= 4 is 23.4 Å². The second-order valence-electron chi connectivity index (χ2n) is 10.7. The number of fused-ring (bicyclic) bond motifs is 1. The lowest BCUT2D eigenvalue weighted by atomic mass is 10.2. The van der Waals surface area contributed by atoms with E-state index >= 15 is 4.39 Å². The zero-order valence-electron chi connectivity index (χ0n) is 24.0. The number of aromatic nitrogens is 5. The molecule has 0 aliphatic carbocycles. The number of carbonyl (C=O) groups is 1. The number of para-hydroxylation sites is 1. The van der Waals surface area contributed by atoms with E-state index in [1.54, 1.807) is 26.1 Å². The molecule has 1 atom stereocenters. The maximum absolute atomic E-state index is 15.3. The van der Waals surface area contributed by atoms with Gasteiger partial charge in [0.15, 0.2) is 17.4 Å². The molecule has 1 aliphatic rings. The molecule has 220 valence electrons. The van der Waals surface area contributed by atoms with Crippen LogP contribution in [-0.4, -0.2) is 30.4 Å². The minimum atomic E-state index is -0.675. The first-order valence-corrected chi connectivity index (χ1v) is 14.7. The van der Waals surface area contributed by atoms with Crippen molar-refractivity contribution in [2.75, 3.05) is 5.32 Å². The molecule has 1 aliphatic heterocycles. The van der Waals surface area contributed by atoms with Crippen LogP contribution in [0.1, 0.15) is 52.6 Å². The summed E-state index contributed by atoms with van der Waals surface area (Å²) in [6, 6.07) is 15.0.